The third-order valence-electron chi connectivity index (χ3n) is 2.45. The van der Waals surface area contributed by atoms with Crippen molar-refractivity contribution in [2.24, 2.45) is 17.8 Å². The molecule has 3 nitrogen and oxygen atoms in total. The largest absolute Gasteiger partial charge is 0.465 e. The Morgan fingerprint density at radius 2 is 2.45 bits per heavy atom. The highest BCUT2D eigenvalue weighted by Gasteiger charge is 2.36. The summed E-state index contributed by atoms with van der Waals surface area (Å²) < 4.78 is 4.85. The van der Waals surface area contributed by atoms with Gasteiger partial charge in [0.05, 0.1) is 12.5 Å². The first-order valence-electron chi connectivity index (χ1n) is 3.94. The minimum absolute atomic E-state index is 0.0443. The fourth-order valence-corrected chi connectivity index (χ4v) is 1.42. The molecule has 3 heteroatoms. The highest BCUT2D eigenvalue weighted by molar-refractivity contribution is 5.74. The van der Waals surface area contributed by atoms with Crippen molar-refractivity contribution in [3.63, 3.8) is 0 Å². The number of aliphatic hydroxyl groups is 1. The summed E-state index contributed by atoms with van der Waals surface area (Å²) in [5.74, 6) is 0.191. The van der Waals surface area contributed by atoms with E-state index in [-0.39, 0.29) is 30.3 Å². The SMILES string of the molecule is C[C@@H]1C(=O)OC[C@H]1[C@@H](C)CO. The third kappa shape index (κ3) is 1.53. The average molecular weight is 158 g/mol. The molecular formula is C8H14O3. The van der Waals surface area contributed by atoms with Crippen molar-refractivity contribution in [3.8, 4) is 0 Å². The lowest BCUT2D eigenvalue weighted by Gasteiger charge is -2.16. The van der Waals surface area contributed by atoms with Gasteiger partial charge in [-0.3, -0.25) is 4.79 Å². The molecule has 0 spiro atoms. The summed E-state index contributed by atoms with van der Waals surface area (Å²) in [5, 5.41) is 8.83. The van der Waals surface area contributed by atoms with Gasteiger partial charge in [0.1, 0.15) is 0 Å². The second-order valence-corrected chi connectivity index (χ2v) is 3.24. The minimum atomic E-state index is -0.129. The number of aliphatic hydroxyl groups excluding tert-OH is 1. The Labute approximate surface area is 66.4 Å². The Morgan fingerprint density at radius 3 is 2.82 bits per heavy atom. The van der Waals surface area contributed by atoms with E-state index >= 15 is 0 Å². The van der Waals surface area contributed by atoms with E-state index in [2.05, 4.69) is 0 Å². The maximum absolute atomic E-state index is 10.9. The first-order chi connectivity index (χ1) is 5.16. The zero-order chi connectivity index (χ0) is 8.43. The highest BCUT2D eigenvalue weighted by atomic mass is 16.5. The molecule has 1 rings (SSSR count). The van der Waals surface area contributed by atoms with Crippen molar-refractivity contribution < 1.29 is 14.6 Å². The summed E-state index contributed by atoms with van der Waals surface area (Å²) in [5.41, 5.74) is 0. The fraction of sp³-hybridized carbons (Fsp3) is 0.875. The van der Waals surface area contributed by atoms with Crippen LogP contribution in [0.2, 0.25) is 0 Å². The zero-order valence-corrected chi connectivity index (χ0v) is 6.91. The molecule has 3 atom stereocenters. The van der Waals surface area contributed by atoms with Crippen molar-refractivity contribution in [2.45, 2.75) is 13.8 Å². The number of esters is 1. The number of cyclic esters (lactones) is 1. The van der Waals surface area contributed by atoms with Crippen molar-refractivity contribution in [1.29, 1.82) is 0 Å². The molecule has 11 heavy (non-hydrogen) atoms. The molecule has 1 heterocycles. The van der Waals surface area contributed by atoms with Crippen molar-refractivity contribution in [1.82, 2.24) is 0 Å². The Hall–Kier alpha value is -0.570. The molecule has 0 aliphatic carbocycles. The Kier molecular flexibility index (Phi) is 2.49. The van der Waals surface area contributed by atoms with E-state index < -0.39 is 0 Å². The second-order valence-electron chi connectivity index (χ2n) is 3.24. The molecule has 1 aliphatic heterocycles. The third-order valence-corrected chi connectivity index (χ3v) is 2.45. The first-order valence-corrected chi connectivity index (χ1v) is 3.94. The Bertz CT molecular complexity index is 155. The van der Waals surface area contributed by atoms with Gasteiger partial charge in [0.25, 0.3) is 0 Å². The highest BCUT2D eigenvalue weighted by Crippen LogP contribution is 2.27. The summed E-state index contributed by atoms with van der Waals surface area (Å²) in [6.45, 7) is 4.39. The Morgan fingerprint density at radius 1 is 1.82 bits per heavy atom. The number of ether oxygens (including phenoxy) is 1. The molecule has 0 aromatic carbocycles. The van der Waals surface area contributed by atoms with E-state index in [1.807, 2.05) is 13.8 Å². The van der Waals surface area contributed by atoms with Gasteiger partial charge in [-0.2, -0.15) is 0 Å². The normalized spacial score (nSPS) is 33.5. The quantitative estimate of drug-likeness (QED) is 0.592. The van der Waals surface area contributed by atoms with Crippen LogP contribution in [0.25, 0.3) is 0 Å². The maximum Gasteiger partial charge on any atom is 0.309 e. The zero-order valence-electron chi connectivity index (χ0n) is 6.91. The molecule has 1 saturated heterocycles. The van der Waals surface area contributed by atoms with Crippen LogP contribution in [0.3, 0.4) is 0 Å². The van der Waals surface area contributed by atoms with Crippen molar-refractivity contribution in [2.75, 3.05) is 13.2 Å². The van der Waals surface area contributed by atoms with Gasteiger partial charge < -0.3 is 9.84 Å². The number of carbonyl (C=O) groups is 1. The van der Waals surface area contributed by atoms with Gasteiger partial charge in [0.2, 0.25) is 0 Å². The van der Waals surface area contributed by atoms with Gasteiger partial charge in [0.15, 0.2) is 0 Å². The van der Waals surface area contributed by atoms with E-state index in [0.717, 1.165) is 0 Å². The minimum Gasteiger partial charge on any atom is -0.465 e. The summed E-state index contributed by atoms with van der Waals surface area (Å²) in [6, 6.07) is 0. The standard InChI is InChI=1S/C8H14O3/c1-5(3-9)7-4-11-8(10)6(7)2/h5-7,9H,3-4H2,1-2H3/t5-,6-,7-/m0/s1. The van der Waals surface area contributed by atoms with Crippen LogP contribution in [0.5, 0.6) is 0 Å². The van der Waals surface area contributed by atoms with Crippen LogP contribution in [-0.4, -0.2) is 24.3 Å². The van der Waals surface area contributed by atoms with Crippen molar-refractivity contribution >= 4 is 5.97 Å². The van der Waals surface area contributed by atoms with E-state index in [4.69, 9.17) is 9.84 Å². The fourth-order valence-electron chi connectivity index (χ4n) is 1.42. The molecule has 0 aromatic heterocycles. The molecule has 0 amide bonds. The van der Waals surface area contributed by atoms with E-state index in [9.17, 15) is 4.79 Å². The number of hydrogen-bond acceptors (Lipinski definition) is 3. The molecule has 0 radical (unpaired) electrons. The summed E-state index contributed by atoms with van der Waals surface area (Å²) in [7, 11) is 0. The molecule has 64 valence electrons. The van der Waals surface area contributed by atoms with Crippen LogP contribution in [0.4, 0.5) is 0 Å². The van der Waals surface area contributed by atoms with Crippen LogP contribution >= 0.6 is 0 Å². The maximum atomic E-state index is 10.9. The van der Waals surface area contributed by atoms with Crippen LogP contribution in [0.15, 0.2) is 0 Å². The lowest BCUT2D eigenvalue weighted by Crippen LogP contribution is -2.22. The second kappa shape index (κ2) is 3.22. The summed E-state index contributed by atoms with van der Waals surface area (Å²) in [6.07, 6.45) is 0. The Balaban J connectivity index is 2.54. The molecule has 0 bridgehead atoms. The van der Waals surface area contributed by atoms with Crippen LogP contribution < -0.4 is 0 Å². The molecule has 1 N–H and O–H groups in total. The van der Waals surface area contributed by atoms with Crippen molar-refractivity contribution in [3.05, 3.63) is 0 Å². The topological polar surface area (TPSA) is 46.5 Å². The van der Waals surface area contributed by atoms with Gasteiger partial charge in [-0.15, -0.1) is 0 Å². The number of hydrogen-bond donors (Lipinski definition) is 1. The van der Waals surface area contributed by atoms with Gasteiger partial charge in [-0.25, -0.2) is 0 Å². The predicted molar refractivity (Wildman–Crippen MR) is 39.9 cm³/mol. The molecule has 0 unspecified atom stereocenters. The van der Waals surface area contributed by atoms with Crippen LogP contribution in [0, 0.1) is 17.8 Å². The molecule has 1 aliphatic rings. The van der Waals surface area contributed by atoms with E-state index in [1.165, 1.54) is 0 Å². The first kappa shape index (κ1) is 8.53. The monoisotopic (exact) mass is 158 g/mol. The molecule has 0 aromatic rings. The van der Waals surface area contributed by atoms with Crippen LogP contribution in [0.1, 0.15) is 13.8 Å². The molecule has 1 fully saturated rings. The average Bonchev–Trinajstić information content (AvgIpc) is 2.32. The smallest absolute Gasteiger partial charge is 0.309 e. The van der Waals surface area contributed by atoms with Gasteiger partial charge in [-0.05, 0) is 5.92 Å². The lowest BCUT2D eigenvalue weighted by atomic mass is 9.86. The van der Waals surface area contributed by atoms with E-state index in [1.54, 1.807) is 0 Å². The number of carbonyl (C=O) groups excluding carboxylic acids is 1. The lowest BCUT2D eigenvalue weighted by molar-refractivity contribution is -0.140. The summed E-state index contributed by atoms with van der Waals surface area (Å²) in [4.78, 5) is 10.9. The van der Waals surface area contributed by atoms with Gasteiger partial charge in [0, 0.05) is 12.5 Å². The number of rotatable bonds is 2. The van der Waals surface area contributed by atoms with Gasteiger partial charge >= 0.3 is 5.97 Å². The van der Waals surface area contributed by atoms with Gasteiger partial charge in [-0.1, -0.05) is 13.8 Å². The molecule has 0 saturated carbocycles. The van der Waals surface area contributed by atoms with E-state index in [0.29, 0.717) is 6.61 Å². The summed E-state index contributed by atoms with van der Waals surface area (Å²) >= 11 is 0. The molecular weight excluding hydrogens is 144 g/mol. The predicted octanol–water partition coefficient (Wildman–Crippen LogP) is 0.424. The van der Waals surface area contributed by atoms with Crippen LogP contribution in [-0.2, 0) is 9.53 Å².